The molecule has 0 atom stereocenters. The molecule has 0 unspecified atom stereocenters. The Morgan fingerprint density at radius 1 is 0.714 bits per heavy atom. The maximum absolute atomic E-state index is 6.39. The first-order chi connectivity index (χ1) is 10.3. The zero-order valence-corrected chi connectivity index (χ0v) is 12.0. The summed E-state index contributed by atoms with van der Waals surface area (Å²) in [6.07, 6.45) is 0. The molecule has 0 bridgehead atoms. The maximum atomic E-state index is 6.39. The van der Waals surface area contributed by atoms with Crippen molar-refractivity contribution >= 4 is 53.3 Å². The van der Waals surface area contributed by atoms with Crippen molar-refractivity contribution in [1.29, 1.82) is 0 Å². The standard InChI is InChI=1S/C18H12N2S/c19-20-15-7-3-1-5-11(15)13-9-10-14-12-6-2-4-8-16(12)21-18(14)17(13)20/h1-10H,19H2. The molecule has 0 radical (unpaired) electrons. The second-order valence-electron chi connectivity index (χ2n) is 5.32. The van der Waals surface area contributed by atoms with Crippen LogP contribution in [0, 0.1) is 0 Å². The summed E-state index contributed by atoms with van der Waals surface area (Å²) in [7, 11) is 0. The molecule has 0 amide bonds. The molecule has 0 fully saturated rings. The highest BCUT2D eigenvalue weighted by atomic mass is 32.1. The monoisotopic (exact) mass is 288 g/mol. The molecular weight excluding hydrogens is 276 g/mol. The first-order valence-electron chi connectivity index (χ1n) is 6.93. The number of nitrogens with two attached hydrogens (primary N) is 1. The molecule has 0 saturated heterocycles. The van der Waals surface area contributed by atoms with Crippen LogP contribution in [0.25, 0.3) is 42.0 Å². The van der Waals surface area contributed by atoms with Crippen LogP contribution in [0.4, 0.5) is 0 Å². The Labute approximate surface area is 125 Å². The van der Waals surface area contributed by atoms with E-state index in [-0.39, 0.29) is 0 Å². The van der Waals surface area contributed by atoms with Crippen molar-refractivity contribution in [3.05, 3.63) is 60.7 Å². The minimum absolute atomic E-state index is 1.08. The van der Waals surface area contributed by atoms with Gasteiger partial charge in [-0.1, -0.05) is 48.5 Å². The smallest absolute Gasteiger partial charge is 0.0882 e. The van der Waals surface area contributed by atoms with Crippen molar-refractivity contribution in [2.24, 2.45) is 0 Å². The fourth-order valence-corrected chi connectivity index (χ4v) is 4.51. The Morgan fingerprint density at radius 2 is 1.43 bits per heavy atom. The van der Waals surface area contributed by atoms with E-state index in [1.54, 1.807) is 0 Å². The second-order valence-corrected chi connectivity index (χ2v) is 6.38. The lowest BCUT2D eigenvalue weighted by atomic mass is 10.1. The van der Waals surface area contributed by atoms with Crippen molar-refractivity contribution in [3.63, 3.8) is 0 Å². The summed E-state index contributed by atoms with van der Waals surface area (Å²) in [4.78, 5) is 0. The van der Waals surface area contributed by atoms with Gasteiger partial charge in [-0.3, -0.25) is 4.68 Å². The first-order valence-corrected chi connectivity index (χ1v) is 7.75. The quantitative estimate of drug-likeness (QED) is 0.405. The predicted octanol–water partition coefficient (Wildman–Crippen LogP) is 4.88. The number of benzene rings is 3. The number of aromatic nitrogens is 1. The minimum Gasteiger partial charge on any atom is -0.339 e. The van der Waals surface area contributed by atoms with E-state index in [4.69, 9.17) is 5.84 Å². The van der Waals surface area contributed by atoms with E-state index < -0.39 is 0 Å². The molecule has 3 heteroatoms. The molecule has 3 aromatic carbocycles. The summed E-state index contributed by atoms with van der Waals surface area (Å²) in [5, 5.41) is 5.05. The van der Waals surface area contributed by atoms with Crippen molar-refractivity contribution in [1.82, 2.24) is 4.68 Å². The lowest BCUT2D eigenvalue weighted by molar-refractivity contribution is 1.13. The summed E-state index contributed by atoms with van der Waals surface area (Å²) >= 11 is 1.82. The molecule has 100 valence electrons. The number of hydrogen-bond donors (Lipinski definition) is 1. The molecule has 2 heterocycles. The molecule has 5 rings (SSSR count). The van der Waals surface area contributed by atoms with Gasteiger partial charge in [0.1, 0.15) is 0 Å². The van der Waals surface area contributed by atoms with Gasteiger partial charge in [0.05, 0.1) is 15.7 Å². The van der Waals surface area contributed by atoms with Gasteiger partial charge >= 0.3 is 0 Å². The number of hydrogen-bond acceptors (Lipinski definition) is 2. The largest absolute Gasteiger partial charge is 0.339 e. The molecule has 0 saturated carbocycles. The molecule has 0 aliphatic rings. The Kier molecular flexibility index (Phi) is 2.01. The number of nitrogen functional groups attached to an aromatic ring is 1. The van der Waals surface area contributed by atoms with Gasteiger partial charge in [0, 0.05) is 26.2 Å². The third-order valence-electron chi connectivity index (χ3n) is 4.22. The highest BCUT2D eigenvalue weighted by Gasteiger charge is 2.14. The summed E-state index contributed by atoms with van der Waals surface area (Å²) < 4.78 is 4.42. The van der Waals surface area contributed by atoms with Crippen LogP contribution in [-0.4, -0.2) is 4.68 Å². The third kappa shape index (κ3) is 1.31. The van der Waals surface area contributed by atoms with Gasteiger partial charge in [0.15, 0.2) is 0 Å². The fraction of sp³-hybridized carbons (Fsp3) is 0. The molecule has 2 nitrogen and oxygen atoms in total. The predicted molar refractivity (Wildman–Crippen MR) is 92.5 cm³/mol. The SMILES string of the molecule is Nn1c2ccccc2c2ccc3c4ccccc4sc3c21. The van der Waals surface area contributed by atoms with Crippen molar-refractivity contribution in [3.8, 4) is 0 Å². The Balaban J connectivity index is 2.14. The van der Waals surface area contributed by atoms with Crippen LogP contribution in [0.3, 0.4) is 0 Å². The van der Waals surface area contributed by atoms with Crippen molar-refractivity contribution < 1.29 is 0 Å². The zero-order valence-electron chi connectivity index (χ0n) is 11.2. The summed E-state index contributed by atoms with van der Waals surface area (Å²) in [5.41, 5.74) is 2.22. The van der Waals surface area contributed by atoms with E-state index in [0.717, 1.165) is 11.0 Å². The van der Waals surface area contributed by atoms with E-state index in [0.29, 0.717) is 0 Å². The summed E-state index contributed by atoms with van der Waals surface area (Å²) in [5.74, 6) is 6.39. The van der Waals surface area contributed by atoms with Crippen LogP contribution in [0.1, 0.15) is 0 Å². The van der Waals surface area contributed by atoms with Crippen molar-refractivity contribution in [2.45, 2.75) is 0 Å². The van der Waals surface area contributed by atoms with Crippen LogP contribution < -0.4 is 5.84 Å². The number of thiophene rings is 1. The molecular formula is C18H12N2S. The van der Waals surface area contributed by atoms with Crippen LogP contribution in [-0.2, 0) is 0 Å². The van der Waals surface area contributed by atoms with Gasteiger partial charge in [0.25, 0.3) is 0 Å². The van der Waals surface area contributed by atoms with E-state index >= 15 is 0 Å². The Bertz CT molecular complexity index is 1150. The molecule has 0 aliphatic heterocycles. The lowest BCUT2D eigenvalue weighted by Crippen LogP contribution is -2.06. The van der Waals surface area contributed by atoms with Gasteiger partial charge in [-0.2, -0.15) is 0 Å². The van der Waals surface area contributed by atoms with Gasteiger partial charge in [-0.15, -0.1) is 11.3 Å². The van der Waals surface area contributed by atoms with Gasteiger partial charge < -0.3 is 5.84 Å². The topological polar surface area (TPSA) is 30.9 Å². The average molecular weight is 288 g/mol. The average Bonchev–Trinajstić information content (AvgIpc) is 3.04. The number of nitrogens with zero attached hydrogens (tertiary/aromatic N) is 1. The summed E-state index contributed by atoms with van der Waals surface area (Å²) in [6.45, 7) is 0. The Hall–Kier alpha value is -2.52. The second kappa shape index (κ2) is 3.77. The molecule has 0 aliphatic carbocycles. The highest BCUT2D eigenvalue weighted by Crippen LogP contribution is 2.40. The van der Waals surface area contributed by atoms with Gasteiger partial charge in [-0.25, -0.2) is 0 Å². The van der Waals surface area contributed by atoms with E-state index in [9.17, 15) is 0 Å². The highest BCUT2D eigenvalue weighted by molar-refractivity contribution is 7.26. The van der Waals surface area contributed by atoms with E-state index in [1.165, 1.54) is 30.9 Å². The molecule has 2 aromatic heterocycles. The molecule has 2 N–H and O–H groups in total. The zero-order chi connectivity index (χ0) is 14.0. The van der Waals surface area contributed by atoms with Gasteiger partial charge in [-0.05, 0) is 12.1 Å². The number of para-hydroxylation sites is 1. The normalized spacial score (nSPS) is 12.0. The minimum atomic E-state index is 1.08. The van der Waals surface area contributed by atoms with Crippen LogP contribution >= 0.6 is 11.3 Å². The van der Waals surface area contributed by atoms with Crippen LogP contribution in [0.5, 0.6) is 0 Å². The lowest BCUT2D eigenvalue weighted by Gasteiger charge is -1.99. The fourth-order valence-electron chi connectivity index (χ4n) is 3.26. The first kappa shape index (κ1) is 11.2. The molecule has 21 heavy (non-hydrogen) atoms. The van der Waals surface area contributed by atoms with Crippen LogP contribution in [0.15, 0.2) is 60.7 Å². The Morgan fingerprint density at radius 3 is 2.33 bits per heavy atom. The molecule has 0 spiro atoms. The van der Waals surface area contributed by atoms with E-state index in [2.05, 4.69) is 54.6 Å². The summed E-state index contributed by atoms with van der Waals surface area (Å²) in [6, 6.07) is 21.3. The molecule has 5 aromatic rings. The van der Waals surface area contributed by atoms with Crippen LogP contribution in [0.2, 0.25) is 0 Å². The number of rotatable bonds is 0. The number of fused-ring (bicyclic) bond motifs is 7. The van der Waals surface area contributed by atoms with Crippen molar-refractivity contribution in [2.75, 3.05) is 5.84 Å². The van der Waals surface area contributed by atoms with Gasteiger partial charge in [0.2, 0.25) is 0 Å². The maximum Gasteiger partial charge on any atom is 0.0882 e. The third-order valence-corrected chi connectivity index (χ3v) is 5.41. The van der Waals surface area contributed by atoms with E-state index in [1.807, 2.05) is 22.1 Å².